The molecule has 0 saturated heterocycles. The number of hydrogen-bond acceptors (Lipinski definition) is 4. The Balaban J connectivity index is 0.000000225. The Kier molecular flexibility index (Phi) is 13.2. The van der Waals surface area contributed by atoms with Crippen molar-refractivity contribution in [3.8, 4) is 0 Å². The van der Waals surface area contributed by atoms with Crippen LogP contribution in [0.2, 0.25) is 0 Å². The summed E-state index contributed by atoms with van der Waals surface area (Å²) < 4.78 is 137. The number of aliphatic hydroxyl groups excluding tert-OH is 1. The van der Waals surface area contributed by atoms with E-state index in [4.69, 9.17) is 0 Å². The van der Waals surface area contributed by atoms with E-state index in [0.29, 0.717) is 42.0 Å². The number of carbonyl (C=O) groups is 1. The topological polar surface area (TPSA) is 75.6 Å². The van der Waals surface area contributed by atoms with Gasteiger partial charge in [-0.05, 0) is 87.8 Å². The maximum atomic E-state index is 13.5. The van der Waals surface area contributed by atoms with E-state index in [1.165, 1.54) is 18.2 Å². The van der Waals surface area contributed by atoms with E-state index in [-0.39, 0.29) is 35.0 Å². The Bertz CT molecular complexity index is 1540. The average molecular weight is 738 g/mol. The molecule has 0 radical (unpaired) electrons. The van der Waals surface area contributed by atoms with Gasteiger partial charge in [0.25, 0.3) is 5.60 Å². The van der Waals surface area contributed by atoms with E-state index in [2.05, 4.69) is 10.1 Å². The summed E-state index contributed by atoms with van der Waals surface area (Å²) in [7, 11) is -1.12. The highest BCUT2D eigenvalue weighted by Gasteiger charge is 2.73. The highest BCUT2D eigenvalue weighted by molar-refractivity contribution is 7.85. The summed E-state index contributed by atoms with van der Waals surface area (Å²) in [6.45, 7) is -1.56. The first kappa shape index (κ1) is 39.4. The first-order chi connectivity index (χ1) is 23.5. The van der Waals surface area contributed by atoms with Crippen molar-refractivity contribution in [1.29, 1.82) is 0 Å². The van der Waals surface area contributed by atoms with Gasteiger partial charge in [0.2, 0.25) is 5.91 Å². The Morgan fingerprint density at radius 1 is 0.740 bits per heavy atom. The molecule has 1 amide bonds. The summed E-state index contributed by atoms with van der Waals surface area (Å²) in [5.74, 6) is -2.82. The lowest BCUT2D eigenvalue weighted by atomic mass is 9.86. The molecule has 0 heterocycles. The molecule has 274 valence electrons. The molecule has 3 aromatic carbocycles. The summed E-state index contributed by atoms with van der Waals surface area (Å²) in [6, 6.07) is 12.7. The predicted molar refractivity (Wildman–Crippen MR) is 166 cm³/mol. The molecule has 2 N–H and O–H groups in total. The molecule has 1 atom stereocenters. The van der Waals surface area contributed by atoms with Gasteiger partial charge < -0.3 is 15.2 Å². The Labute approximate surface area is 285 Å². The number of benzene rings is 3. The van der Waals surface area contributed by atoms with E-state index in [9.17, 15) is 53.6 Å². The van der Waals surface area contributed by atoms with Crippen LogP contribution >= 0.6 is 0 Å². The third-order valence-corrected chi connectivity index (χ3v) is 10.7. The third kappa shape index (κ3) is 9.46. The molecule has 15 heteroatoms. The molecule has 2 saturated carbocycles. The fraction of sp³-hybridized carbons (Fsp3) is 0.457. The van der Waals surface area contributed by atoms with Crippen LogP contribution in [-0.2, 0) is 32.5 Å². The molecule has 2 aliphatic rings. The largest absolute Gasteiger partial charge is 0.430 e. The van der Waals surface area contributed by atoms with Crippen LogP contribution in [0.15, 0.2) is 77.7 Å². The number of hydrogen-bond donors (Lipinski definition) is 2. The first-order valence-corrected chi connectivity index (χ1v) is 17.1. The zero-order valence-corrected chi connectivity index (χ0v) is 27.4. The molecule has 0 spiro atoms. The second-order valence-corrected chi connectivity index (χ2v) is 14.0. The van der Waals surface area contributed by atoms with Crippen LogP contribution in [-0.4, -0.2) is 45.0 Å². The second kappa shape index (κ2) is 16.7. The monoisotopic (exact) mass is 737 g/mol. The molecule has 5 nitrogen and oxygen atoms in total. The van der Waals surface area contributed by atoms with Gasteiger partial charge >= 0.3 is 12.4 Å². The Hall–Kier alpha value is -3.43. The minimum absolute atomic E-state index is 0.0227. The lowest BCUT2D eigenvalue weighted by Gasteiger charge is -2.37. The van der Waals surface area contributed by atoms with Gasteiger partial charge in [0, 0.05) is 33.2 Å². The number of ether oxygens (including phenoxy) is 1. The maximum Gasteiger partial charge on any atom is 0.430 e. The van der Waals surface area contributed by atoms with Crippen LogP contribution in [0.3, 0.4) is 0 Å². The second-order valence-electron chi connectivity index (χ2n) is 12.3. The highest BCUT2D eigenvalue weighted by Crippen LogP contribution is 2.53. The van der Waals surface area contributed by atoms with E-state index >= 15 is 0 Å². The maximum absolute atomic E-state index is 13.5. The minimum atomic E-state index is -5.92. The number of alkyl halides is 6. The molecule has 1 unspecified atom stereocenters. The minimum Gasteiger partial charge on any atom is -0.393 e. The van der Waals surface area contributed by atoms with Crippen molar-refractivity contribution in [2.45, 2.75) is 98.2 Å². The number of amides is 1. The molecule has 0 aromatic heterocycles. The number of rotatable bonds is 8. The normalized spacial score (nSPS) is 22.2. The quantitative estimate of drug-likeness (QED) is 0.228. The van der Waals surface area contributed by atoms with Gasteiger partial charge in [-0.25, -0.2) is 13.2 Å². The summed E-state index contributed by atoms with van der Waals surface area (Å²) in [5, 5.41) is 12.8. The lowest BCUT2D eigenvalue weighted by molar-refractivity contribution is -0.392. The van der Waals surface area contributed by atoms with Crippen molar-refractivity contribution >= 4 is 16.7 Å². The number of carbonyl (C=O) groups excluding carboxylic acids is 1. The molecule has 0 aliphatic heterocycles. The van der Waals surface area contributed by atoms with Crippen molar-refractivity contribution in [3.05, 3.63) is 101 Å². The summed E-state index contributed by atoms with van der Waals surface area (Å²) in [6.07, 6.45) is -5.88. The van der Waals surface area contributed by atoms with Crippen LogP contribution in [0.25, 0.3) is 0 Å². The van der Waals surface area contributed by atoms with Gasteiger partial charge in [-0.2, -0.15) is 26.3 Å². The molecule has 0 bridgehead atoms. The molecule has 2 fully saturated rings. The number of nitrogens with one attached hydrogen (secondary N) is 1. The Morgan fingerprint density at radius 2 is 1.28 bits per heavy atom. The SMILES string of the molecule is Fc1cccc(F)c1COC(c1ccccc1)(C(F)(F)F)C(F)(F)F.O=C(NC1CCC(S(=O)c2ccc(F)cc2)CC1)C1CCC(O)CC1. The summed E-state index contributed by atoms with van der Waals surface area (Å²) >= 11 is 0. The zero-order chi connectivity index (χ0) is 36.7. The molecular weight excluding hydrogens is 701 g/mol. The van der Waals surface area contributed by atoms with Crippen molar-refractivity contribution in [2.24, 2.45) is 5.92 Å². The zero-order valence-electron chi connectivity index (χ0n) is 26.6. The lowest BCUT2D eigenvalue weighted by Crippen LogP contribution is -2.55. The van der Waals surface area contributed by atoms with Gasteiger partial charge in [-0.3, -0.25) is 9.00 Å². The van der Waals surface area contributed by atoms with E-state index < -0.39 is 58.1 Å². The van der Waals surface area contributed by atoms with E-state index in [0.717, 1.165) is 56.7 Å². The van der Waals surface area contributed by atoms with Gasteiger partial charge in [-0.15, -0.1) is 0 Å². The smallest absolute Gasteiger partial charge is 0.393 e. The van der Waals surface area contributed by atoms with Crippen LogP contribution in [0, 0.1) is 23.4 Å². The van der Waals surface area contributed by atoms with Crippen molar-refractivity contribution in [2.75, 3.05) is 0 Å². The standard InChI is InChI=1S/C19H26FNO3S.C16H10F8O/c20-14-3-9-17(10-4-14)25(24)18-11-5-15(6-12-18)21-19(23)13-1-7-16(22)8-2-13;17-12-7-4-8-13(18)11(12)9-25-14(15(19,20)21,16(22,23)24)10-5-2-1-3-6-10/h3-4,9-10,13,15-16,18,22H,1-2,5-8,11-12H2,(H,21,23);1-8H,9H2. The van der Waals surface area contributed by atoms with Crippen molar-refractivity contribution < 1.29 is 58.4 Å². The molecule has 50 heavy (non-hydrogen) atoms. The Morgan fingerprint density at radius 3 is 1.80 bits per heavy atom. The van der Waals surface area contributed by atoms with Crippen LogP contribution in [0.5, 0.6) is 0 Å². The molecular formula is C35H36F9NO4S. The van der Waals surface area contributed by atoms with Gasteiger partial charge in [0.05, 0.1) is 23.5 Å². The number of aliphatic hydroxyl groups is 1. The molecule has 2 aliphatic carbocycles. The fourth-order valence-electron chi connectivity index (χ4n) is 6.10. The molecule has 5 rings (SSSR count). The number of halogens is 9. The van der Waals surface area contributed by atoms with E-state index in [1.54, 1.807) is 12.1 Å². The summed E-state index contributed by atoms with van der Waals surface area (Å²) in [4.78, 5) is 13.0. The first-order valence-electron chi connectivity index (χ1n) is 15.9. The molecule has 3 aromatic rings. The highest BCUT2D eigenvalue weighted by atomic mass is 32.2. The fourth-order valence-corrected chi connectivity index (χ4v) is 7.59. The van der Waals surface area contributed by atoms with Crippen LogP contribution in [0.1, 0.15) is 62.5 Å². The predicted octanol–water partition coefficient (Wildman–Crippen LogP) is 8.41. The van der Waals surface area contributed by atoms with Crippen molar-refractivity contribution in [3.63, 3.8) is 0 Å². The average Bonchev–Trinajstić information content (AvgIpc) is 3.06. The third-order valence-electron chi connectivity index (χ3n) is 8.91. The van der Waals surface area contributed by atoms with Crippen LogP contribution in [0.4, 0.5) is 39.5 Å². The van der Waals surface area contributed by atoms with Crippen molar-refractivity contribution in [1.82, 2.24) is 5.32 Å². The van der Waals surface area contributed by atoms with Gasteiger partial charge in [0.1, 0.15) is 17.5 Å². The van der Waals surface area contributed by atoms with Crippen LogP contribution < -0.4 is 5.32 Å². The van der Waals surface area contributed by atoms with Gasteiger partial charge in [0.15, 0.2) is 0 Å². The van der Waals surface area contributed by atoms with E-state index in [1.807, 2.05) is 0 Å². The van der Waals surface area contributed by atoms with Gasteiger partial charge in [-0.1, -0.05) is 36.4 Å². The summed E-state index contributed by atoms with van der Waals surface area (Å²) in [5.41, 5.74) is -7.00.